The van der Waals surface area contributed by atoms with Gasteiger partial charge in [0.1, 0.15) is 5.82 Å². The summed E-state index contributed by atoms with van der Waals surface area (Å²) < 4.78 is 1.01. The minimum absolute atomic E-state index is 0.0962. The van der Waals surface area contributed by atoms with Crippen LogP contribution in [-0.4, -0.2) is 26.5 Å². The lowest BCUT2D eigenvalue weighted by atomic mass is 10.0. The molecule has 0 amide bonds. The number of aromatic nitrogens is 4. The highest BCUT2D eigenvalue weighted by molar-refractivity contribution is 9.10. The van der Waals surface area contributed by atoms with E-state index in [1.165, 1.54) is 0 Å². The van der Waals surface area contributed by atoms with Crippen molar-refractivity contribution in [3.05, 3.63) is 77.3 Å². The summed E-state index contributed by atoms with van der Waals surface area (Å²) in [7, 11) is 0. The first kappa shape index (κ1) is 17.3. The molecule has 1 fully saturated rings. The highest BCUT2D eigenvalue weighted by Gasteiger charge is 2.45. The van der Waals surface area contributed by atoms with Gasteiger partial charge in [0, 0.05) is 51.7 Å². The number of hydrogen-bond acceptors (Lipinski definition) is 5. The number of pyridine rings is 2. The summed E-state index contributed by atoms with van der Waals surface area (Å²) in [6.45, 7) is 0.801. The quantitative estimate of drug-likeness (QED) is 0.481. The molecule has 0 atom stereocenters. The van der Waals surface area contributed by atoms with Gasteiger partial charge in [0.05, 0.1) is 5.52 Å². The maximum absolute atomic E-state index is 4.83. The minimum Gasteiger partial charge on any atom is -0.368 e. The van der Waals surface area contributed by atoms with Crippen molar-refractivity contribution in [2.24, 2.45) is 0 Å². The van der Waals surface area contributed by atoms with E-state index < -0.39 is 0 Å². The molecule has 4 aromatic rings. The molecule has 138 valence electrons. The molecule has 3 heterocycles. The second-order valence-electron chi connectivity index (χ2n) is 7.15. The van der Waals surface area contributed by atoms with Gasteiger partial charge in [-0.05, 0) is 55.3 Å². The Morgan fingerprint density at radius 2 is 1.93 bits per heavy atom. The van der Waals surface area contributed by atoms with Crippen LogP contribution >= 0.6 is 15.9 Å². The maximum atomic E-state index is 4.83. The van der Waals surface area contributed by atoms with E-state index in [2.05, 4.69) is 49.4 Å². The lowest BCUT2D eigenvalue weighted by Gasteiger charge is -2.17. The Morgan fingerprint density at radius 3 is 2.68 bits per heavy atom. The van der Waals surface area contributed by atoms with Gasteiger partial charge in [-0.25, -0.2) is 9.97 Å². The Morgan fingerprint density at radius 1 is 1.00 bits per heavy atom. The van der Waals surface area contributed by atoms with Crippen LogP contribution < -0.4 is 5.32 Å². The van der Waals surface area contributed by atoms with Gasteiger partial charge in [-0.2, -0.15) is 0 Å². The summed E-state index contributed by atoms with van der Waals surface area (Å²) in [6, 6.07) is 16.1. The predicted molar refractivity (Wildman–Crippen MR) is 114 cm³/mol. The molecular weight excluding hydrogens is 414 g/mol. The normalized spacial score (nSPS) is 14.8. The van der Waals surface area contributed by atoms with E-state index in [0.29, 0.717) is 5.82 Å². The Bertz CT molecular complexity index is 1130. The second kappa shape index (κ2) is 6.95. The van der Waals surface area contributed by atoms with Gasteiger partial charge >= 0.3 is 0 Å². The molecule has 0 spiro atoms. The van der Waals surface area contributed by atoms with Gasteiger partial charge in [-0.15, -0.1) is 0 Å². The van der Waals surface area contributed by atoms with Crippen LogP contribution in [0.3, 0.4) is 0 Å². The van der Waals surface area contributed by atoms with E-state index in [-0.39, 0.29) is 5.41 Å². The highest BCUT2D eigenvalue weighted by Crippen LogP contribution is 2.47. The van der Waals surface area contributed by atoms with Crippen molar-refractivity contribution in [3.63, 3.8) is 0 Å². The molecule has 1 aromatic carbocycles. The van der Waals surface area contributed by atoms with Crippen molar-refractivity contribution in [1.29, 1.82) is 0 Å². The standard InChI is InChI=1S/C22H18BrN5/c23-16-6-7-18-17(12-16)21(28-20(27-18)15-4-3-10-24-13-15)26-14-22(8-9-22)19-5-1-2-11-25-19/h1-7,10-13H,8-9,14H2,(H,26,27,28). The number of anilines is 1. The molecular formula is C22H18BrN5. The number of fused-ring (bicyclic) bond motifs is 1. The van der Waals surface area contributed by atoms with E-state index in [9.17, 15) is 0 Å². The van der Waals surface area contributed by atoms with Crippen molar-refractivity contribution in [3.8, 4) is 11.4 Å². The van der Waals surface area contributed by atoms with E-state index in [0.717, 1.165) is 51.8 Å². The summed E-state index contributed by atoms with van der Waals surface area (Å²) >= 11 is 3.57. The summed E-state index contributed by atoms with van der Waals surface area (Å²) in [5.41, 5.74) is 3.05. The molecule has 1 aliphatic carbocycles. The first-order chi connectivity index (χ1) is 13.7. The van der Waals surface area contributed by atoms with Crippen LogP contribution in [0.2, 0.25) is 0 Å². The fourth-order valence-corrected chi connectivity index (χ4v) is 3.82. The predicted octanol–water partition coefficient (Wildman–Crippen LogP) is 4.99. The van der Waals surface area contributed by atoms with Crippen LogP contribution in [0, 0.1) is 0 Å². The molecule has 1 saturated carbocycles. The number of benzene rings is 1. The van der Waals surface area contributed by atoms with Crippen LogP contribution in [0.15, 0.2) is 71.6 Å². The third-order valence-electron chi connectivity index (χ3n) is 5.23. The van der Waals surface area contributed by atoms with Gasteiger partial charge in [0.15, 0.2) is 5.82 Å². The molecule has 0 radical (unpaired) electrons. The Kier molecular flexibility index (Phi) is 4.28. The molecule has 28 heavy (non-hydrogen) atoms. The largest absolute Gasteiger partial charge is 0.368 e. The first-order valence-electron chi connectivity index (χ1n) is 9.27. The number of nitrogens with one attached hydrogen (secondary N) is 1. The van der Waals surface area contributed by atoms with Gasteiger partial charge < -0.3 is 5.32 Å². The smallest absolute Gasteiger partial charge is 0.163 e. The van der Waals surface area contributed by atoms with Crippen LogP contribution in [0.4, 0.5) is 5.82 Å². The van der Waals surface area contributed by atoms with Crippen LogP contribution in [0.1, 0.15) is 18.5 Å². The molecule has 3 aromatic heterocycles. The van der Waals surface area contributed by atoms with Crippen LogP contribution in [0.5, 0.6) is 0 Å². The molecule has 0 bridgehead atoms. The van der Waals surface area contributed by atoms with Gasteiger partial charge in [0.2, 0.25) is 0 Å². The van der Waals surface area contributed by atoms with Crippen molar-refractivity contribution in [2.75, 3.05) is 11.9 Å². The first-order valence-corrected chi connectivity index (χ1v) is 10.1. The van der Waals surface area contributed by atoms with Crippen molar-refractivity contribution < 1.29 is 0 Å². The molecule has 0 aliphatic heterocycles. The topological polar surface area (TPSA) is 63.6 Å². The fraction of sp³-hybridized carbons (Fsp3) is 0.182. The summed E-state index contributed by atoms with van der Waals surface area (Å²) in [6.07, 6.45) is 7.69. The Hall–Kier alpha value is -2.86. The lowest BCUT2D eigenvalue weighted by Crippen LogP contribution is -2.21. The molecule has 5 rings (SSSR count). The van der Waals surface area contributed by atoms with Crippen LogP contribution in [-0.2, 0) is 5.41 Å². The monoisotopic (exact) mass is 431 g/mol. The number of rotatable bonds is 5. The molecule has 0 saturated heterocycles. The van der Waals surface area contributed by atoms with E-state index >= 15 is 0 Å². The average molecular weight is 432 g/mol. The molecule has 1 N–H and O–H groups in total. The zero-order valence-electron chi connectivity index (χ0n) is 15.1. The molecule has 5 nitrogen and oxygen atoms in total. The van der Waals surface area contributed by atoms with Crippen molar-refractivity contribution in [1.82, 2.24) is 19.9 Å². The van der Waals surface area contributed by atoms with Crippen molar-refractivity contribution >= 4 is 32.7 Å². The van der Waals surface area contributed by atoms with Gasteiger partial charge in [0.25, 0.3) is 0 Å². The van der Waals surface area contributed by atoms with E-state index in [1.54, 1.807) is 12.4 Å². The summed E-state index contributed by atoms with van der Waals surface area (Å²) in [5.74, 6) is 1.51. The second-order valence-corrected chi connectivity index (χ2v) is 8.06. The highest BCUT2D eigenvalue weighted by atomic mass is 79.9. The number of halogens is 1. The summed E-state index contributed by atoms with van der Waals surface area (Å²) in [4.78, 5) is 18.4. The maximum Gasteiger partial charge on any atom is 0.163 e. The fourth-order valence-electron chi connectivity index (χ4n) is 3.46. The SMILES string of the molecule is Brc1ccc2nc(-c3cccnc3)nc(NCC3(c4ccccn4)CC3)c2c1. The molecule has 1 aliphatic rings. The third kappa shape index (κ3) is 3.24. The Balaban J connectivity index is 1.53. The van der Waals surface area contributed by atoms with Gasteiger partial charge in [-0.1, -0.05) is 22.0 Å². The van der Waals surface area contributed by atoms with E-state index in [1.807, 2.05) is 36.5 Å². The Labute approximate surface area is 171 Å². The lowest BCUT2D eigenvalue weighted by molar-refractivity contribution is 0.701. The summed E-state index contributed by atoms with van der Waals surface area (Å²) in [5, 5.41) is 4.59. The van der Waals surface area contributed by atoms with Crippen molar-refractivity contribution in [2.45, 2.75) is 18.3 Å². The zero-order chi connectivity index (χ0) is 19.0. The zero-order valence-corrected chi connectivity index (χ0v) is 16.7. The molecule has 6 heteroatoms. The van der Waals surface area contributed by atoms with Gasteiger partial charge in [-0.3, -0.25) is 9.97 Å². The average Bonchev–Trinajstić information content (AvgIpc) is 3.54. The number of nitrogens with zero attached hydrogens (tertiary/aromatic N) is 4. The van der Waals surface area contributed by atoms with E-state index in [4.69, 9.17) is 9.97 Å². The molecule has 0 unspecified atom stereocenters. The number of hydrogen-bond donors (Lipinski definition) is 1. The minimum atomic E-state index is 0.0962. The third-order valence-corrected chi connectivity index (χ3v) is 5.73. The van der Waals surface area contributed by atoms with Crippen LogP contribution in [0.25, 0.3) is 22.3 Å².